The molecule has 2 bridgehead atoms. The Morgan fingerprint density at radius 1 is 1.07 bits per heavy atom. The normalized spacial score (nSPS) is 37.0. The fourth-order valence-electron chi connectivity index (χ4n) is 3.75. The molecule has 3 saturated carbocycles. The summed E-state index contributed by atoms with van der Waals surface area (Å²) in [5, 5.41) is 9.25. The van der Waals surface area contributed by atoms with E-state index in [2.05, 4.69) is 32.0 Å². The minimum absolute atomic E-state index is 0.317. The first kappa shape index (κ1) is 9.41. The molecule has 1 heteroatoms. The van der Waals surface area contributed by atoms with Gasteiger partial charge in [0, 0.05) is 6.61 Å². The predicted molar refractivity (Wildman–Crippen MR) is 61.0 cm³/mol. The Morgan fingerprint density at radius 2 is 1.60 bits per heavy atom. The molecule has 0 spiro atoms. The van der Waals surface area contributed by atoms with Crippen LogP contribution >= 0.6 is 0 Å². The van der Waals surface area contributed by atoms with Crippen LogP contribution < -0.4 is 0 Å². The fourth-order valence-corrected chi connectivity index (χ4v) is 3.75. The first-order chi connectivity index (χ1) is 7.07. The van der Waals surface area contributed by atoms with E-state index in [9.17, 15) is 5.11 Å². The van der Waals surface area contributed by atoms with E-state index >= 15 is 0 Å². The predicted octanol–water partition coefficient (Wildman–Crippen LogP) is 2.72. The van der Waals surface area contributed by atoms with Gasteiger partial charge < -0.3 is 5.11 Å². The second-order valence-electron chi connectivity index (χ2n) is 5.85. The van der Waals surface area contributed by atoms with Gasteiger partial charge in [-0.05, 0) is 49.5 Å². The van der Waals surface area contributed by atoms with Crippen molar-refractivity contribution in [2.24, 2.45) is 5.41 Å². The highest BCUT2D eigenvalue weighted by Gasteiger charge is 2.67. The zero-order valence-corrected chi connectivity index (χ0v) is 9.51. The minimum atomic E-state index is 0.317. The molecule has 15 heavy (non-hydrogen) atoms. The Morgan fingerprint density at radius 3 is 2.07 bits per heavy atom. The summed E-state index contributed by atoms with van der Waals surface area (Å²) in [6.07, 6.45) is 3.62. The Balaban J connectivity index is 1.90. The Labute approximate surface area is 91.1 Å². The summed E-state index contributed by atoms with van der Waals surface area (Å²) < 4.78 is 0. The molecule has 3 aliphatic carbocycles. The molecule has 0 aliphatic heterocycles. The third kappa shape index (κ3) is 1.13. The van der Waals surface area contributed by atoms with Crippen LogP contribution in [0.4, 0.5) is 0 Å². The van der Waals surface area contributed by atoms with Crippen LogP contribution in [0.15, 0.2) is 18.2 Å². The van der Waals surface area contributed by atoms with Crippen molar-refractivity contribution in [1.29, 1.82) is 0 Å². The molecule has 3 fully saturated rings. The maximum absolute atomic E-state index is 9.25. The molecule has 0 radical (unpaired) electrons. The van der Waals surface area contributed by atoms with Gasteiger partial charge in [0.15, 0.2) is 0 Å². The Bertz CT molecular complexity index is 379. The van der Waals surface area contributed by atoms with Gasteiger partial charge in [0.1, 0.15) is 0 Å². The van der Waals surface area contributed by atoms with Crippen LogP contribution in [-0.4, -0.2) is 11.7 Å². The second-order valence-corrected chi connectivity index (χ2v) is 5.85. The third-order valence-electron chi connectivity index (χ3n) is 4.31. The van der Waals surface area contributed by atoms with Crippen molar-refractivity contribution in [2.45, 2.75) is 38.5 Å². The van der Waals surface area contributed by atoms with Gasteiger partial charge in [-0.1, -0.05) is 29.3 Å². The zero-order valence-electron chi connectivity index (χ0n) is 9.51. The van der Waals surface area contributed by atoms with Gasteiger partial charge in [-0.15, -0.1) is 0 Å². The van der Waals surface area contributed by atoms with Crippen molar-refractivity contribution in [3.8, 4) is 0 Å². The summed E-state index contributed by atoms with van der Waals surface area (Å²) in [5.74, 6) is 0. The lowest BCUT2D eigenvalue weighted by atomic mass is 9.34. The lowest BCUT2D eigenvalue weighted by Gasteiger charge is -2.70. The molecular formula is C14H18O. The van der Waals surface area contributed by atoms with Crippen molar-refractivity contribution >= 4 is 0 Å². The average Bonchev–Trinajstić information content (AvgIpc) is 1.97. The van der Waals surface area contributed by atoms with Crippen LogP contribution in [0.5, 0.6) is 0 Å². The quantitative estimate of drug-likeness (QED) is 0.781. The molecule has 1 aromatic carbocycles. The van der Waals surface area contributed by atoms with Crippen LogP contribution in [0.3, 0.4) is 0 Å². The van der Waals surface area contributed by atoms with Gasteiger partial charge in [0.25, 0.3) is 0 Å². The maximum Gasteiger partial charge on any atom is 0.0488 e. The van der Waals surface area contributed by atoms with Crippen LogP contribution in [0.25, 0.3) is 0 Å². The molecule has 0 unspecified atom stereocenters. The molecule has 4 rings (SSSR count). The molecule has 0 saturated heterocycles. The number of rotatable bonds is 2. The third-order valence-corrected chi connectivity index (χ3v) is 4.31. The van der Waals surface area contributed by atoms with Gasteiger partial charge in [-0.25, -0.2) is 0 Å². The molecule has 1 aromatic rings. The number of benzene rings is 1. The molecule has 1 N–H and O–H groups in total. The van der Waals surface area contributed by atoms with Crippen molar-refractivity contribution in [3.63, 3.8) is 0 Å². The largest absolute Gasteiger partial charge is 0.396 e. The molecule has 1 nitrogen and oxygen atoms in total. The van der Waals surface area contributed by atoms with E-state index in [1.807, 2.05) is 0 Å². The van der Waals surface area contributed by atoms with Crippen molar-refractivity contribution in [2.75, 3.05) is 6.61 Å². The number of aliphatic hydroxyl groups excluding tert-OH is 1. The van der Waals surface area contributed by atoms with E-state index in [1.165, 1.54) is 36.0 Å². The van der Waals surface area contributed by atoms with Gasteiger partial charge in [-0.2, -0.15) is 0 Å². The molecule has 0 amide bonds. The summed E-state index contributed by atoms with van der Waals surface area (Å²) in [7, 11) is 0. The zero-order chi connectivity index (χ0) is 10.7. The molecule has 0 aromatic heterocycles. The fraction of sp³-hybridized carbons (Fsp3) is 0.571. The summed E-state index contributed by atoms with van der Waals surface area (Å²) in [6.45, 7) is 4.73. The van der Waals surface area contributed by atoms with Gasteiger partial charge in [0.2, 0.25) is 0 Å². The van der Waals surface area contributed by atoms with Crippen LogP contribution in [0.1, 0.15) is 36.0 Å². The number of hydrogen-bond acceptors (Lipinski definition) is 1. The van der Waals surface area contributed by atoms with Crippen molar-refractivity contribution in [1.82, 2.24) is 0 Å². The lowest BCUT2D eigenvalue weighted by molar-refractivity contribution is -0.167. The van der Waals surface area contributed by atoms with E-state index in [0.717, 1.165) is 0 Å². The highest BCUT2D eigenvalue weighted by atomic mass is 16.3. The standard InChI is InChI=1S/C14H18O/c1-10-3-11(2)5-12(4-10)14-6-13(7-14,8-14)9-15/h3-5,15H,6-9H2,1-2H3. The van der Waals surface area contributed by atoms with E-state index in [1.54, 1.807) is 0 Å². The number of aryl methyl sites for hydroxylation is 2. The van der Waals surface area contributed by atoms with Crippen LogP contribution in [0.2, 0.25) is 0 Å². The summed E-state index contributed by atoms with van der Waals surface area (Å²) in [5.41, 5.74) is 5.01. The first-order valence-corrected chi connectivity index (χ1v) is 5.77. The highest BCUT2D eigenvalue weighted by molar-refractivity contribution is 5.42. The summed E-state index contributed by atoms with van der Waals surface area (Å²) in [6, 6.07) is 6.89. The minimum Gasteiger partial charge on any atom is -0.396 e. The SMILES string of the molecule is Cc1cc(C)cc(C23CC(CO)(C2)C3)c1. The average molecular weight is 202 g/mol. The highest BCUT2D eigenvalue weighted by Crippen LogP contribution is 2.73. The Kier molecular flexibility index (Phi) is 1.66. The number of hydrogen-bond donors (Lipinski definition) is 1. The van der Waals surface area contributed by atoms with Gasteiger partial charge in [0.05, 0.1) is 0 Å². The van der Waals surface area contributed by atoms with E-state index in [0.29, 0.717) is 17.4 Å². The second kappa shape index (κ2) is 2.65. The molecular weight excluding hydrogens is 184 g/mol. The number of aliphatic hydroxyl groups is 1. The van der Waals surface area contributed by atoms with Crippen molar-refractivity contribution in [3.05, 3.63) is 34.9 Å². The molecule has 80 valence electrons. The monoisotopic (exact) mass is 202 g/mol. The molecule has 0 atom stereocenters. The van der Waals surface area contributed by atoms with Gasteiger partial charge in [-0.3, -0.25) is 0 Å². The summed E-state index contributed by atoms with van der Waals surface area (Å²) >= 11 is 0. The molecule has 3 aliphatic rings. The van der Waals surface area contributed by atoms with E-state index < -0.39 is 0 Å². The van der Waals surface area contributed by atoms with E-state index in [-0.39, 0.29) is 0 Å². The van der Waals surface area contributed by atoms with Crippen LogP contribution in [-0.2, 0) is 5.41 Å². The smallest absolute Gasteiger partial charge is 0.0488 e. The molecule has 0 heterocycles. The lowest BCUT2D eigenvalue weighted by Crippen LogP contribution is -2.66. The van der Waals surface area contributed by atoms with Crippen LogP contribution in [0, 0.1) is 19.3 Å². The first-order valence-electron chi connectivity index (χ1n) is 5.77. The van der Waals surface area contributed by atoms with Crippen molar-refractivity contribution < 1.29 is 5.11 Å². The Hall–Kier alpha value is -0.820. The maximum atomic E-state index is 9.25. The summed E-state index contributed by atoms with van der Waals surface area (Å²) in [4.78, 5) is 0. The van der Waals surface area contributed by atoms with Gasteiger partial charge >= 0.3 is 0 Å². The van der Waals surface area contributed by atoms with E-state index in [4.69, 9.17) is 0 Å². The topological polar surface area (TPSA) is 20.2 Å².